The predicted octanol–water partition coefficient (Wildman–Crippen LogP) is 1.89. The highest BCUT2D eigenvalue weighted by molar-refractivity contribution is 7.92. The average Bonchev–Trinajstić information content (AvgIpc) is 2.96. The normalized spacial score (nSPS) is 11.4. The van der Waals surface area contributed by atoms with Crippen molar-refractivity contribution < 1.29 is 13.2 Å². The number of aromatic nitrogens is 2. The van der Waals surface area contributed by atoms with Crippen molar-refractivity contribution in [3.63, 3.8) is 0 Å². The quantitative estimate of drug-likeness (QED) is 0.648. The van der Waals surface area contributed by atoms with Crippen molar-refractivity contribution in [1.82, 2.24) is 15.3 Å². The molecule has 130 valence electrons. The molecule has 0 spiro atoms. The lowest BCUT2D eigenvalue weighted by Crippen LogP contribution is -2.19. The van der Waals surface area contributed by atoms with Crippen molar-refractivity contribution in [2.24, 2.45) is 0 Å². The molecular weight excluding hydrogens is 340 g/mol. The van der Waals surface area contributed by atoms with E-state index in [9.17, 15) is 13.2 Å². The van der Waals surface area contributed by atoms with Gasteiger partial charge < -0.3 is 10.3 Å². The van der Waals surface area contributed by atoms with Crippen LogP contribution >= 0.6 is 0 Å². The molecule has 0 radical (unpaired) electrons. The van der Waals surface area contributed by atoms with Crippen LogP contribution in [0.1, 0.15) is 5.69 Å². The molecule has 0 saturated carbocycles. The van der Waals surface area contributed by atoms with E-state index < -0.39 is 10.0 Å². The number of sulfonamides is 1. The molecule has 0 aliphatic rings. The van der Waals surface area contributed by atoms with Crippen molar-refractivity contribution in [3.05, 3.63) is 48.3 Å². The number of anilines is 1. The number of likely N-dealkylation sites (N-methyl/N-ethyl adjacent to an activating group) is 1. The second-order valence-electron chi connectivity index (χ2n) is 5.72. The Hall–Kier alpha value is -2.87. The Kier molecular flexibility index (Phi) is 4.45. The van der Waals surface area contributed by atoms with Gasteiger partial charge in [0.2, 0.25) is 15.9 Å². The van der Waals surface area contributed by atoms with E-state index in [1.165, 1.54) is 0 Å². The third-order valence-corrected chi connectivity index (χ3v) is 4.32. The lowest BCUT2D eigenvalue weighted by Gasteiger charge is -2.06. The fraction of sp³-hybridized carbons (Fsp3) is 0.176. The first-order valence-electron chi connectivity index (χ1n) is 7.61. The number of fused-ring (bicyclic) bond motifs is 1. The molecule has 0 fully saturated rings. The van der Waals surface area contributed by atoms with Crippen LogP contribution in [0.15, 0.2) is 42.6 Å². The van der Waals surface area contributed by atoms with E-state index in [2.05, 4.69) is 20.0 Å². The monoisotopic (exact) mass is 358 g/mol. The van der Waals surface area contributed by atoms with Gasteiger partial charge >= 0.3 is 0 Å². The Morgan fingerprint density at radius 2 is 1.92 bits per heavy atom. The number of carbonyl (C=O) groups is 1. The number of hydrogen-bond acceptors (Lipinski definition) is 4. The number of nitrogens with zero attached hydrogens (tertiary/aromatic N) is 1. The number of pyridine rings is 1. The number of rotatable bonds is 5. The van der Waals surface area contributed by atoms with Gasteiger partial charge in [-0.1, -0.05) is 12.1 Å². The lowest BCUT2D eigenvalue weighted by atomic mass is 10.0. The second-order valence-corrected chi connectivity index (χ2v) is 7.47. The summed E-state index contributed by atoms with van der Waals surface area (Å²) in [5.41, 5.74) is 3.87. The maximum Gasteiger partial charge on any atom is 0.229 e. The van der Waals surface area contributed by atoms with Crippen LogP contribution in [0, 0.1) is 0 Å². The molecule has 2 aromatic heterocycles. The van der Waals surface area contributed by atoms with E-state index in [-0.39, 0.29) is 12.3 Å². The molecule has 8 heteroatoms. The summed E-state index contributed by atoms with van der Waals surface area (Å²) in [5.74, 6) is -0.0793. The molecular formula is C17H18N4O3S. The number of hydrogen-bond donors (Lipinski definition) is 3. The summed E-state index contributed by atoms with van der Waals surface area (Å²) in [4.78, 5) is 19.0. The molecule has 0 bridgehead atoms. The van der Waals surface area contributed by atoms with E-state index in [1.807, 2.05) is 24.3 Å². The zero-order valence-corrected chi connectivity index (χ0v) is 14.6. The van der Waals surface area contributed by atoms with Gasteiger partial charge in [-0.25, -0.2) is 13.4 Å². The van der Waals surface area contributed by atoms with Crippen LogP contribution in [0.25, 0.3) is 22.2 Å². The van der Waals surface area contributed by atoms with Gasteiger partial charge in [0.1, 0.15) is 5.65 Å². The number of amides is 1. The molecule has 3 N–H and O–H groups in total. The first-order valence-corrected chi connectivity index (χ1v) is 9.50. The zero-order chi connectivity index (χ0) is 18.0. The minimum absolute atomic E-state index is 0.0793. The topological polar surface area (TPSA) is 104 Å². The van der Waals surface area contributed by atoms with Crippen LogP contribution in [0.5, 0.6) is 0 Å². The molecule has 3 rings (SSSR count). The van der Waals surface area contributed by atoms with Gasteiger partial charge in [0, 0.05) is 30.0 Å². The number of benzene rings is 1. The van der Waals surface area contributed by atoms with E-state index >= 15 is 0 Å². The Morgan fingerprint density at radius 3 is 2.56 bits per heavy atom. The minimum Gasteiger partial charge on any atom is -0.359 e. The number of aromatic amines is 1. The summed E-state index contributed by atoms with van der Waals surface area (Å²) < 4.78 is 25.0. The molecule has 3 aromatic rings. The van der Waals surface area contributed by atoms with Crippen LogP contribution in [-0.4, -0.2) is 37.6 Å². The standard InChI is InChI=1S/C17H18N4O3S/c1-18-16(22)10-13-9-15-14(7-8-19-17(15)20-13)11-3-5-12(6-4-11)21-25(2,23)24/h3-9,21H,10H2,1-2H3,(H,18,22)(H,19,20). The highest BCUT2D eigenvalue weighted by Gasteiger charge is 2.11. The maximum absolute atomic E-state index is 11.6. The Bertz CT molecular complexity index is 1020. The van der Waals surface area contributed by atoms with Gasteiger partial charge in [0.05, 0.1) is 12.7 Å². The highest BCUT2D eigenvalue weighted by Crippen LogP contribution is 2.29. The smallest absolute Gasteiger partial charge is 0.229 e. The van der Waals surface area contributed by atoms with Gasteiger partial charge in [-0.2, -0.15) is 0 Å². The van der Waals surface area contributed by atoms with Crippen molar-refractivity contribution >= 4 is 32.7 Å². The summed E-state index contributed by atoms with van der Waals surface area (Å²) in [6.07, 6.45) is 3.06. The van der Waals surface area contributed by atoms with Crippen LogP contribution in [0.4, 0.5) is 5.69 Å². The molecule has 0 unspecified atom stereocenters. The summed E-state index contributed by atoms with van der Waals surface area (Å²) in [6.45, 7) is 0. The van der Waals surface area contributed by atoms with Gasteiger partial charge in [0.15, 0.2) is 0 Å². The molecule has 0 atom stereocenters. The van der Waals surface area contributed by atoms with Gasteiger partial charge in [-0.15, -0.1) is 0 Å². The largest absolute Gasteiger partial charge is 0.359 e. The molecule has 0 aliphatic heterocycles. The fourth-order valence-electron chi connectivity index (χ4n) is 2.62. The first-order chi connectivity index (χ1) is 11.9. The Balaban J connectivity index is 1.96. The van der Waals surface area contributed by atoms with Crippen molar-refractivity contribution in [3.8, 4) is 11.1 Å². The van der Waals surface area contributed by atoms with Crippen molar-refractivity contribution in [2.75, 3.05) is 18.0 Å². The molecule has 1 amide bonds. The number of H-pyrrole nitrogens is 1. The van der Waals surface area contributed by atoms with E-state index in [0.29, 0.717) is 11.3 Å². The summed E-state index contributed by atoms with van der Waals surface area (Å²) in [7, 11) is -1.70. The van der Waals surface area contributed by atoms with Crippen molar-refractivity contribution in [2.45, 2.75) is 6.42 Å². The predicted molar refractivity (Wildman–Crippen MR) is 97.8 cm³/mol. The fourth-order valence-corrected chi connectivity index (χ4v) is 3.19. The molecule has 2 heterocycles. The lowest BCUT2D eigenvalue weighted by molar-refractivity contribution is -0.120. The van der Waals surface area contributed by atoms with Crippen LogP contribution < -0.4 is 10.0 Å². The van der Waals surface area contributed by atoms with Crippen LogP contribution in [0.2, 0.25) is 0 Å². The highest BCUT2D eigenvalue weighted by atomic mass is 32.2. The summed E-state index contributed by atoms with van der Waals surface area (Å²) in [6, 6.07) is 10.9. The summed E-state index contributed by atoms with van der Waals surface area (Å²) >= 11 is 0. The minimum atomic E-state index is -3.30. The molecule has 0 saturated heterocycles. The average molecular weight is 358 g/mol. The van der Waals surface area contributed by atoms with Crippen LogP contribution in [0.3, 0.4) is 0 Å². The van der Waals surface area contributed by atoms with E-state index in [4.69, 9.17) is 0 Å². The van der Waals surface area contributed by atoms with Gasteiger partial charge in [-0.3, -0.25) is 9.52 Å². The number of carbonyl (C=O) groups excluding carboxylic acids is 1. The zero-order valence-electron chi connectivity index (χ0n) is 13.8. The molecule has 25 heavy (non-hydrogen) atoms. The van der Waals surface area contributed by atoms with Crippen molar-refractivity contribution in [1.29, 1.82) is 0 Å². The van der Waals surface area contributed by atoms with E-state index in [1.54, 1.807) is 25.4 Å². The number of nitrogens with one attached hydrogen (secondary N) is 3. The maximum atomic E-state index is 11.6. The van der Waals surface area contributed by atoms with Gasteiger partial charge in [0.25, 0.3) is 0 Å². The Morgan fingerprint density at radius 1 is 1.20 bits per heavy atom. The second kappa shape index (κ2) is 6.56. The van der Waals surface area contributed by atoms with E-state index in [0.717, 1.165) is 28.5 Å². The Labute approximate surface area is 145 Å². The first kappa shape index (κ1) is 17.0. The summed E-state index contributed by atoms with van der Waals surface area (Å²) in [5, 5.41) is 3.50. The third kappa shape index (κ3) is 3.97. The molecule has 0 aliphatic carbocycles. The third-order valence-electron chi connectivity index (χ3n) is 3.72. The SMILES string of the molecule is CNC(=O)Cc1cc2c(-c3ccc(NS(C)(=O)=O)cc3)ccnc2[nH]1. The van der Waals surface area contributed by atoms with Gasteiger partial charge in [-0.05, 0) is 35.4 Å². The molecule has 1 aromatic carbocycles. The van der Waals surface area contributed by atoms with Crippen LogP contribution in [-0.2, 0) is 21.2 Å². The molecule has 7 nitrogen and oxygen atoms in total.